The van der Waals surface area contributed by atoms with E-state index in [0.717, 1.165) is 43.3 Å². The molecule has 0 fully saturated rings. The summed E-state index contributed by atoms with van der Waals surface area (Å²) in [4.78, 5) is 0. The van der Waals surface area contributed by atoms with Gasteiger partial charge >= 0.3 is 0 Å². The minimum absolute atomic E-state index is 0.777. The van der Waals surface area contributed by atoms with E-state index in [1.807, 2.05) is 13.8 Å². The van der Waals surface area contributed by atoms with Crippen LogP contribution < -0.4 is 5.32 Å². The summed E-state index contributed by atoms with van der Waals surface area (Å²) in [5, 5.41) is 7.45. The van der Waals surface area contributed by atoms with Gasteiger partial charge in [-0.1, -0.05) is 25.4 Å². The van der Waals surface area contributed by atoms with Crippen LogP contribution in [0.5, 0.6) is 0 Å². The van der Waals surface area contributed by atoms with Gasteiger partial charge < -0.3 is 9.84 Å². The first-order valence-electron chi connectivity index (χ1n) is 6.27. The van der Waals surface area contributed by atoms with E-state index in [-0.39, 0.29) is 0 Å². The maximum atomic E-state index is 5.14. The highest BCUT2D eigenvalue weighted by molar-refractivity contribution is 5.20. The van der Waals surface area contributed by atoms with Crippen molar-refractivity contribution in [2.24, 2.45) is 5.92 Å². The Morgan fingerprint density at radius 1 is 1.38 bits per heavy atom. The van der Waals surface area contributed by atoms with Crippen LogP contribution >= 0.6 is 0 Å². The van der Waals surface area contributed by atoms with Crippen molar-refractivity contribution in [1.29, 1.82) is 0 Å². The van der Waals surface area contributed by atoms with Gasteiger partial charge in [0.15, 0.2) is 0 Å². The average Bonchev–Trinajstić information content (AvgIpc) is 2.59. The Morgan fingerprint density at radius 3 is 2.69 bits per heavy atom. The molecule has 1 N–H and O–H groups in total. The largest absolute Gasteiger partial charge is 0.361 e. The van der Waals surface area contributed by atoms with Crippen LogP contribution in [0.25, 0.3) is 0 Å². The molecule has 0 aromatic carbocycles. The highest BCUT2D eigenvalue weighted by Crippen LogP contribution is 2.13. The average molecular weight is 224 g/mol. The van der Waals surface area contributed by atoms with Crippen molar-refractivity contribution in [3.63, 3.8) is 0 Å². The van der Waals surface area contributed by atoms with Crippen LogP contribution in [-0.4, -0.2) is 18.2 Å². The van der Waals surface area contributed by atoms with E-state index in [0.29, 0.717) is 0 Å². The molecule has 0 aliphatic heterocycles. The van der Waals surface area contributed by atoms with Crippen molar-refractivity contribution in [3.8, 4) is 0 Å². The minimum atomic E-state index is 0.777. The molecule has 0 saturated carbocycles. The lowest BCUT2D eigenvalue weighted by molar-refractivity contribution is 0.392. The highest BCUT2D eigenvalue weighted by Gasteiger charge is 2.07. The van der Waals surface area contributed by atoms with Gasteiger partial charge in [-0.2, -0.15) is 0 Å². The summed E-state index contributed by atoms with van der Waals surface area (Å²) >= 11 is 0. The van der Waals surface area contributed by atoms with E-state index in [1.54, 1.807) is 0 Å². The summed E-state index contributed by atoms with van der Waals surface area (Å²) in [6.45, 7) is 10.7. The minimum Gasteiger partial charge on any atom is -0.361 e. The lowest BCUT2D eigenvalue weighted by atomic mass is 10.1. The Labute approximate surface area is 98.6 Å². The van der Waals surface area contributed by atoms with Crippen molar-refractivity contribution < 1.29 is 4.52 Å². The molecule has 0 aliphatic rings. The summed E-state index contributed by atoms with van der Waals surface area (Å²) in [6, 6.07) is 0. The van der Waals surface area contributed by atoms with Crippen LogP contribution in [-0.2, 0) is 6.42 Å². The van der Waals surface area contributed by atoms with Gasteiger partial charge in [-0.25, -0.2) is 0 Å². The summed E-state index contributed by atoms with van der Waals surface area (Å²) < 4.78 is 5.14. The number of aryl methyl sites for hydroxylation is 2. The standard InChI is InChI=1S/C13H24N2O/c1-5-10(2)9-14-8-6-7-13-11(3)15-16-12(13)4/h10,14H,5-9H2,1-4H3. The third-order valence-electron chi connectivity index (χ3n) is 3.15. The van der Waals surface area contributed by atoms with Crippen LogP contribution in [0.4, 0.5) is 0 Å². The molecule has 1 heterocycles. The number of hydrogen-bond donors (Lipinski definition) is 1. The SMILES string of the molecule is CCC(C)CNCCCc1c(C)noc1C. The lowest BCUT2D eigenvalue weighted by Gasteiger charge is -2.09. The Hall–Kier alpha value is -0.830. The van der Waals surface area contributed by atoms with Crippen LogP contribution in [0.15, 0.2) is 4.52 Å². The fourth-order valence-corrected chi connectivity index (χ4v) is 1.74. The molecule has 0 saturated heterocycles. The predicted molar refractivity (Wildman–Crippen MR) is 66.6 cm³/mol. The van der Waals surface area contributed by atoms with E-state index in [4.69, 9.17) is 4.52 Å². The van der Waals surface area contributed by atoms with Crippen molar-refractivity contribution in [1.82, 2.24) is 10.5 Å². The van der Waals surface area contributed by atoms with Crippen LogP contribution in [0, 0.1) is 19.8 Å². The molecule has 3 nitrogen and oxygen atoms in total. The van der Waals surface area contributed by atoms with E-state index in [2.05, 4.69) is 24.3 Å². The summed E-state index contributed by atoms with van der Waals surface area (Å²) in [7, 11) is 0. The fourth-order valence-electron chi connectivity index (χ4n) is 1.74. The van der Waals surface area contributed by atoms with Gasteiger partial charge in [0, 0.05) is 5.56 Å². The van der Waals surface area contributed by atoms with E-state index >= 15 is 0 Å². The molecule has 92 valence electrons. The zero-order chi connectivity index (χ0) is 12.0. The maximum Gasteiger partial charge on any atom is 0.137 e. The molecule has 1 atom stereocenters. The number of nitrogens with one attached hydrogen (secondary N) is 1. The molecule has 3 heteroatoms. The molecule has 1 rings (SSSR count). The number of hydrogen-bond acceptors (Lipinski definition) is 3. The van der Waals surface area contributed by atoms with Gasteiger partial charge in [0.2, 0.25) is 0 Å². The Kier molecular flexibility index (Phi) is 5.53. The van der Waals surface area contributed by atoms with Crippen LogP contribution in [0.2, 0.25) is 0 Å². The number of rotatable bonds is 7. The molecule has 1 unspecified atom stereocenters. The molecular formula is C13H24N2O. The number of aromatic nitrogens is 1. The normalized spacial score (nSPS) is 13.0. The van der Waals surface area contributed by atoms with Gasteiger partial charge in [-0.3, -0.25) is 0 Å². The van der Waals surface area contributed by atoms with E-state index < -0.39 is 0 Å². The fraction of sp³-hybridized carbons (Fsp3) is 0.769. The molecule has 0 radical (unpaired) electrons. The zero-order valence-electron chi connectivity index (χ0n) is 11.0. The number of nitrogens with zero attached hydrogens (tertiary/aromatic N) is 1. The van der Waals surface area contributed by atoms with Gasteiger partial charge in [-0.05, 0) is 45.7 Å². The quantitative estimate of drug-likeness (QED) is 0.724. The predicted octanol–water partition coefficient (Wildman–Crippen LogP) is 2.86. The Bertz CT molecular complexity index is 287. The molecule has 0 bridgehead atoms. The molecule has 0 amide bonds. The topological polar surface area (TPSA) is 38.1 Å². The summed E-state index contributed by atoms with van der Waals surface area (Å²) in [5.41, 5.74) is 2.32. The van der Waals surface area contributed by atoms with Crippen molar-refractivity contribution in [3.05, 3.63) is 17.0 Å². The second kappa shape index (κ2) is 6.69. The lowest BCUT2D eigenvalue weighted by Crippen LogP contribution is -2.22. The Morgan fingerprint density at radius 2 is 2.12 bits per heavy atom. The van der Waals surface area contributed by atoms with Crippen molar-refractivity contribution in [2.45, 2.75) is 47.0 Å². The van der Waals surface area contributed by atoms with E-state index in [9.17, 15) is 0 Å². The van der Waals surface area contributed by atoms with Gasteiger partial charge in [0.05, 0.1) is 5.69 Å². The molecule has 1 aromatic heterocycles. The third-order valence-corrected chi connectivity index (χ3v) is 3.15. The van der Waals surface area contributed by atoms with Crippen molar-refractivity contribution >= 4 is 0 Å². The Balaban J connectivity index is 2.16. The van der Waals surface area contributed by atoms with Gasteiger partial charge in [0.1, 0.15) is 5.76 Å². The first-order valence-corrected chi connectivity index (χ1v) is 6.27. The van der Waals surface area contributed by atoms with Crippen LogP contribution in [0.1, 0.15) is 43.7 Å². The molecule has 0 aliphatic carbocycles. The zero-order valence-corrected chi connectivity index (χ0v) is 11.0. The summed E-state index contributed by atoms with van der Waals surface area (Å²) in [6.07, 6.45) is 3.46. The highest BCUT2D eigenvalue weighted by atomic mass is 16.5. The monoisotopic (exact) mass is 224 g/mol. The maximum absolute atomic E-state index is 5.14. The molecule has 1 aromatic rings. The molecule has 16 heavy (non-hydrogen) atoms. The van der Waals surface area contributed by atoms with E-state index in [1.165, 1.54) is 12.0 Å². The molecule has 0 spiro atoms. The van der Waals surface area contributed by atoms with Gasteiger partial charge in [-0.15, -0.1) is 0 Å². The smallest absolute Gasteiger partial charge is 0.137 e. The second-order valence-electron chi connectivity index (χ2n) is 4.62. The first-order chi connectivity index (χ1) is 7.65. The summed E-state index contributed by atoms with van der Waals surface area (Å²) in [5.74, 6) is 1.75. The van der Waals surface area contributed by atoms with Gasteiger partial charge in [0.25, 0.3) is 0 Å². The first kappa shape index (κ1) is 13.2. The van der Waals surface area contributed by atoms with Crippen LogP contribution in [0.3, 0.4) is 0 Å². The molecular weight excluding hydrogens is 200 g/mol. The second-order valence-corrected chi connectivity index (χ2v) is 4.62. The third kappa shape index (κ3) is 3.97. The van der Waals surface area contributed by atoms with Crippen molar-refractivity contribution in [2.75, 3.05) is 13.1 Å².